The van der Waals surface area contributed by atoms with Gasteiger partial charge in [0.2, 0.25) is 0 Å². The highest BCUT2D eigenvalue weighted by molar-refractivity contribution is 7.22. The van der Waals surface area contributed by atoms with Gasteiger partial charge in [-0.15, -0.1) is 0 Å². The zero-order valence-corrected chi connectivity index (χ0v) is 14.6. The molecule has 0 bridgehead atoms. The zero-order valence-electron chi connectivity index (χ0n) is 13.8. The first-order chi connectivity index (χ1) is 12.2. The minimum Gasteiger partial charge on any atom is -0.493 e. The predicted octanol–water partition coefficient (Wildman–Crippen LogP) is 4.84. The number of thiazole rings is 1. The van der Waals surface area contributed by atoms with Crippen LogP contribution in [0.3, 0.4) is 0 Å². The highest BCUT2D eigenvalue weighted by Gasteiger charge is 2.11. The molecule has 2 N–H and O–H groups in total. The van der Waals surface area contributed by atoms with Gasteiger partial charge >= 0.3 is 0 Å². The van der Waals surface area contributed by atoms with Crippen LogP contribution in [-0.4, -0.2) is 19.2 Å². The normalized spacial score (nSPS) is 11.0. The number of benzene rings is 3. The van der Waals surface area contributed by atoms with Crippen molar-refractivity contribution in [2.45, 2.75) is 0 Å². The van der Waals surface area contributed by atoms with Crippen LogP contribution >= 0.6 is 11.3 Å². The maximum atomic E-state index is 6.12. The topological polar surface area (TPSA) is 66.6 Å². The number of hydrogen-bond donors (Lipinski definition) is 1. The van der Waals surface area contributed by atoms with Crippen LogP contribution in [0.15, 0.2) is 48.5 Å². The SMILES string of the molecule is COc1cc2cccc(Oc3ccc4nc(N)sc4c3)c2cc1OC. The lowest BCUT2D eigenvalue weighted by Gasteiger charge is -2.12. The van der Waals surface area contributed by atoms with Gasteiger partial charge in [0.05, 0.1) is 24.4 Å². The van der Waals surface area contributed by atoms with Crippen LogP contribution in [0.4, 0.5) is 5.13 Å². The maximum Gasteiger partial charge on any atom is 0.181 e. The van der Waals surface area contributed by atoms with E-state index in [4.69, 9.17) is 19.9 Å². The van der Waals surface area contributed by atoms with Gasteiger partial charge in [-0.25, -0.2) is 4.98 Å². The lowest BCUT2D eigenvalue weighted by Crippen LogP contribution is -1.92. The van der Waals surface area contributed by atoms with Gasteiger partial charge in [0.1, 0.15) is 11.5 Å². The van der Waals surface area contributed by atoms with Gasteiger partial charge in [0.25, 0.3) is 0 Å². The lowest BCUT2D eigenvalue weighted by atomic mass is 10.1. The fourth-order valence-electron chi connectivity index (χ4n) is 2.78. The molecule has 4 rings (SSSR count). The van der Waals surface area contributed by atoms with Gasteiger partial charge in [0, 0.05) is 11.5 Å². The molecular formula is C19H16N2O3S. The monoisotopic (exact) mass is 352 g/mol. The highest BCUT2D eigenvalue weighted by atomic mass is 32.1. The number of hydrogen-bond acceptors (Lipinski definition) is 6. The van der Waals surface area contributed by atoms with E-state index < -0.39 is 0 Å². The largest absolute Gasteiger partial charge is 0.493 e. The Bertz CT molecular complexity index is 1080. The molecule has 0 saturated carbocycles. The van der Waals surface area contributed by atoms with Crippen molar-refractivity contribution >= 4 is 37.5 Å². The number of aromatic nitrogens is 1. The summed E-state index contributed by atoms with van der Waals surface area (Å²) in [7, 11) is 3.25. The molecule has 5 nitrogen and oxygen atoms in total. The molecule has 4 aromatic rings. The van der Waals surface area contributed by atoms with Crippen LogP contribution in [0, 0.1) is 0 Å². The molecule has 0 atom stereocenters. The van der Waals surface area contributed by atoms with Crippen molar-refractivity contribution in [2.75, 3.05) is 20.0 Å². The number of methoxy groups -OCH3 is 2. The third-order valence-corrected chi connectivity index (χ3v) is 4.80. The summed E-state index contributed by atoms with van der Waals surface area (Å²) in [6, 6.07) is 15.5. The zero-order chi connectivity index (χ0) is 17.4. The standard InChI is InChI=1S/C19H16N2O3S/c1-22-16-8-11-4-3-5-15(13(11)10-17(16)23-2)24-12-6-7-14-18(9-12)25-19(20)21-14/h3-10H,1-2H3,(H2,20,21). The summed E-state index contributed by atoms with van der Waals surface area (Å²) in [6.45, 7) is 0. The summed E-state index contributed by atoms with van der Waals surface area (Å²) >= 11 is 1.44. The summed E-state index contributed by atoms with van der Waals surface area (Å²) < 4.78 is 17.9. The Morgan fingerprint density at radius 1 is 0.920 bits per heavy atom. The van der Waals surface area contributed by atoms with Gasteiger partial charge < -0.3 is 19.9 Å². The van der Waals surface area contributed by atoms with E-state index in [1.807, 2.05) is 48.5 Å². The van der Waals surface area contributed by atoms with Gasteiger partial charge in [-0.3, -0.25) is 0 Å². The molecule has 0 unspecified atom stereocenters. The Hall–Kier alpha value is -2.99. The van der Waals surface area contributed by atoms with Crippen molar-refractivity contribution in [1.82, 2.24) is 4.98 Å². The molecular weight excluding hydrogens is 336 g/mol. The average molecular weight is 352 g/mol. The number of ether oxygens (including phenoxy) is 3. The van der Waals surface area contributed by atoms with E-state index >= 15 is 0 Å². The first-order valence-electron chi connectivity index (χ1n) is 7.66. The number of nitrogens with zero attached hydrogens (tertiary/aromatic N) is 1. The fraction of sp³-hybridized carbons (Fsp3) is 0.105. The summed E-state index contributed by atoms with van der Waals surface area (Å²) in [4.78, 5) is 4.26. The molecule has 25 heavy (non-hydrogen) atoms. The predicted molar refractivity (Wildman–Crippen MR) is 101 cm³/mol. The Morgan fingerprint density at radius 3 is 2.52 bits per heavy atom. The minimum absolute atomic E-state index is 0.550. The van der Waals surface area contributed by atoms with E-state index in [0.29, 0.717) is 16.6 Å². The number of fused-ring (bicyclic) bond motifs is 2. The van der Waals surface area contributed by atoms with E-state index in [-0.39, 0.29) is 0 Å². The molecule has 1 aromatic heterocycles. The summed E-state index contributed by atoms with van der Waals surface area (Å²) in [5, 5.41) is 2.51. The summed E-state index contributed by atoms with van der Waals surface area (Å²) in [5.74, 6) is 2.83. The van der Waals surface area contributed by atoms with Crippen LogP contribution in [0.1, 0.15) is 0 Å². The molecule has 3 aromatic carbocycles. The van der Waals surface area contributed by atoms with Gasteiger partial charge in [-0.1, -0.05) is 23.5 Å². The van der Waals surface area contributed by atoms with Crippen LogP contribution in [0.2, 0.25) is 0 Å². The Morgan fingerprint density at radius 2 is 1.72 bits per heavy atom. The van der Waals surface area contributed by atoms with Crippen molar-refractivity contribution in [1.29, 1.82) is 0 Å². The van der Waals surface area contributed by atoms with Gasteiger partial charge in [-0.05, 0) is 35.7 Å². The second kappa shape index (κ2) is 6.14. The molecule has 6 heteroatoms. The van der Waals surface area contributed by atoms with Crippen LogP contribution in [0.25, 0.3) is 21.0 Å². The van der Waals surface area contributed by atoms with Crippen molar-refractivity contribution in [2.24, 2.45) is 0 Å². The third-order valence-electron chi connectivity index (χ3n) is 3.95. The molecule has 0 saturated heterocycles. The van der Waals surface area contributed by atoms with Crippen molar-refractivity contribution in [3.8, 4) is 23.0 Å². The highest BCUT2D eigenvalue weighted by Crippen LogP contribution is 2.38. The number of anilines is 1. The number of nitrogens with two attached hydrogens (primary N) is 1. The molecule has 0 radical (unpaired) electrons. The molecule has 1 heterocycles. The molecule has 0 aliphatic carbocycles. The van der Waals surface area contributed by atoms with Crippen LogP contribution in [-0.2, 0) is 0 Å². The Labute approximate surface area is 148 Å². The summed E-state index contributed by atoms with van der Waals surface area (Å²) in [6.07, 6.45) is 0. The summed E-state index contributed by atoms with van der Waals surface area (Å²) in [5.41, 5.74) is 6.64. The van der Waals surface area contributed by atoms with Crippen molar-refractivity contribution in [3.63, 3.8) is 0 Å². The van der Waals surface area contributed by atoms with Crippen LogP contribution in [0.5, 0.6) is 23.0 Å². The molecule has 126 valence electrons. The van der Waals surface area contributed by atoms with Crippen molar-refractivity contribution in [3.05, 3.63) is 48.5 Å². The maximum absolute atomic E-state index is 6.12. The average Bonchev–Trinajstić information content (AvgIpc) is 3.00. The fourth-order valence-corrected chi connectivity index (χ4v) is 3.54. The second-order valence-corrected chi connectivity index (χ2v) is 6.53. The third kappa shape index (κ3) is 2.81. The van der Waals surface area contributed by atoms with E-state index in [9.17, 15) is 0 Å². The smallest absolute Gasteiger partial charge is 0.181 e. The molecule has 0 spiro atoms. The molecule has 0 amide bonds. The molecule has 0 aliphatic heterocycles. The Kier molecular flexibility index (Phi) is 3.82. The van der Waals surface area contributed by atoms with E-state index in [1.165, 1.54) is 11.3 Å². The van der Waals surface area contributed by atoms with E-state index in [1.54, 1.807) is 14.2 Å². The van der Waals surface area contributed by atoms with Gasteiger partial charge in [-0.2, -0.15) is 0 Å². The minimum atomic E-state index is 0.550. The first-order valence-corrected chi connectivity index (χ1v) is 8.48. The number of rotatable bonds is 4. The van der Waals surface area contributed by atoms with Crippen molar-refractivity contribution < 1.29 is 14.2 Å². The van der Waals surface area contributed by atoms with E-state index in [0.717, 1.165) is 32.5 Å². The Balaban J connectivity index is 1.79. The molecule has 0 fully saturated rings. The first kappa shape index (κ1) is 15.5. The van der Waals surface area contributed by atoms with Crippen LogP contribution < -0.4 is 19.9 Å². The number of nitrogen functional groups attached to an aromatic ring is 1. The van der Waals surface area contributed by atoms with E-state index in [2.05, 4.69) is 4.98 Å². The van der Waals surface area contributed by atoms with Gasteiger partial charge in [0.15, 0.2) is 16.6 Å². The lowest BCUT2D eigenvalue weighted by molar-refractivity contribution is 0.355. The second-order valence-electron chi connectivity index (χ2n) is 5.47. The quantitative estimate of drug-likeness (QED) is 0.569. The molecule has 0 aliphatic rings.